The van der Waals surface area contributed by atoms with Crippen molar-refractivity contribution in [2.24, 2.45) is 5.92 Å². The summed E-state index contributed by atoms with van der Waals surface area (Å²) in [6.45, 7) is 5.74. The van der Waals surface area contributed by atoms with Crippen molar-refractivity contribution in [2.45, 2.75) is 32.9 Å². The monoisotopic (exact) mass is 421 g/mol. The topological polar surface area (TPSA) is 54.5 Å². The number of para-hydroxylation sites is 1. The molecule has 3 aromatic rings. The third-order valence-corrected chi connectivity index (χ3v) is 6.24. The Kier molecular flexibility index (Phi) is 6.77. The molecule has 2 aromatic carbocycles. The Bertz CT molecular complexity index is 965. The lowest BCUT2D eigenvalue weighted by Crippen LogP contribution is -2.32. The molecular weight excluding hydrogens is 394 g/mol. The molecule has 1 fully saturated rings. The van der Waals surface area contributed by atoms with Crippen molar-refractivity contribution in [1.82, 2.24) is 9.88 Å². The molecule has 156 valence electrons. The molecule has 1 aliphatic rings. The van der Waals surface area contributed by atoms with Gasteiger partial charge in [0, 0.05) is 23.1 Å². The molecule has 0 bridgehead atoms. The van der Waals surface area contributed by atoms with Crippen LogP contribution in [0.5, 0.6) is 5.75 Å². The van der Waals surface area contributed by atoms with Crippen molar-refractivity contribution in [1.29, 1.82) is 0 Å². The van der Waals surface area contributed by atoms with Crippen LogP contribution < -0.4 is 10.1 Å². The van der Waals surface area contributed by atoms with E-state index in [0.29, 0.717) is 17.3 Å². The number of carbonyl (C=O) groups is 1. The minimum absolute atomic E-state index is 0.157. The summed E-state index contributed by atoms with van der Waals surface area (Å²) in [4.78, 5) is 19.9. The lowest BCUT2D eigenvalue weighted by Gasteiger charge is -2.29. The van der Waals surface area contributed by atoms with Gasteiger partial charge in [-0.05, 0) is 50.0 Å². The van der Waals surface area contributed by atoms with Gasteiger partial charge >= 0.3 is 0 Å². The Hall–Kier alpha value is -2.70. The standard InChI is InChI=1S/C24H27N3O2S/c1-18-11-13-27(14-12-18)15-20-17-30-24(25-20)26-23(28)22-10-6-5-7-19(22)16-29-21-8-3-2-4-9-21/h2-10,17-18H,11-16H2,1H3,(H,25,26,28). The van der Waals surface area contributed by atoms with Gasteiger partial charge in [0.05, 0.1) is 5.69 Å². The van der Waals surface area contributed by atoms with E-state index >= 15 is 0 Å². The number of nitrogens with zero attached hydrogens (tertiary/aromatic N) is 2. The molecule has 0 spiro atoms. The number of aromatic nitrogens is 1. The number of thiazole rings is 1. The first-order chi connectivity index (χ1) is 14.7. The van der Waals surface area contributed by atoms with E-state index in [0.717, 1.165) is 42.6 Å². The Labute approximate surface area is 181 Å². The van der Waals surface area contributed by atoms with Gasteiger partial charge < -0.3 is 4.74 Å². The molecule has 1 amide bonds. The van der Waals surface area contributed by atoms with E-state index in [1.165, 1.54) is 24.2 Å². The number of ether oxygens (including phenoxy) is 1. The van der Waals surface area contributed by atoms with Crippen LogP contribution in [0.25, 0.3) is 0 Å². The highest BCUT2D eigenvalue weighted by Gasteiger charge is 2.18. The van der Waals surface area contributed by atoms with E-state index in [1.807, 2.05) is 60.0 Å². The summed E-state index contributed by atoms with van der Waals surface area (Å²) in [6.07, 6.45) is 2.49. The summed E-state index contributed by atoms with van der Waals surface area (Å²) in [5.74, 6) is 1.44. The highest BCUT2D eigenvalue weighted by atomic mass is 32.1. The zero-order valence-electron chi connectivity index (χ0n) is 17.2. The smallest absolute Gasteiger partial charge is 0.257 e. The maximum Gasteiger partial charge on any atom is 0.257 e. The van der Waals surface area contributed by atoms with Gasteiger partial charge in [0.1, 0.15) is 12.4 Å². The van der Waals surface area contributed by atoms with E-state index < -0.39 is 0 Å². The maximum absolute atomic E-state index is 12.9. The Morgan fingerprint density at radius 2 is 1.87 bits per heavy atom. The zero-order chi connectivity index (χ0) is 20.8. The fraction of sp³-hybridized carbons (Fsp3) is 0.333. The number of rotatable bonds is 7. The number of carbonyl (C=O) groups excluding carboxylic acids is 1. The largest absolute Gasteiger partial charge is 0.489 e. The molecule has 0 aliphatic carbocycles. The van der Waals surface area contributed by atoms with Crippen molar-refractivity contribution >= 4 is 22.4 Å². The van der Waals surface area contributed by atoms with Crippen LogP contribution in [0.1, 0.15) is 41.4 Å². The predicted octanol–water partition coefficient (Wildman–Crippen LogP) is 5.21. The average Bonchev–Trinajstić information content (AvgIpc) is 3.21. The molecule has 1 saturated heterocycles. The predicted molar refractivity (Wildman–Crippen MR) is 121 cm³/mol. The summed E-state index contributed by atoms with van der Waals surface area (Å²) < 4.78 is 5.83. The molecule has 1 aliphatic heterocycles. The minimum Gasteiger partial charge on any atom is -0.489 e. The van der Waals surface area contributed by atoms with Crippen molar-refractivity contribution in [3.05, 3.63) is 76.8 Å². The highest BCUT2D eigenvalue weighted by molar-refractivity contribution is 7.14. The Morgan fingerprint density at radius 3 is 2.67 bits per heavy atom. The van der Waals surface area contributed by atoms with Gasteiger partial charge in [-0.25, -0.2) is 4.98 Å². The van der Waals surface area contributed by atoms with E-state index in [2.05, 4.69) is 22.1 Å². The van der Waals surface area contributed by atoms with Gasteiger partial charge in [0.15, 0.2) is 5.13 Å². The molecule has 1 N–H and O–H groups in total. The second-order valence-corrected chi connectivity index (χ2v) is 8.67. The van der Waals surface area contributed by atoms with E-state index in [4.69, 9.17) is 4.74 Å². The van der Waals surface area contributed by atoms with E-state index in [9.17, 15) is 4.79 Å². The zero-order valence-corrected chi connectivity index (χ0v) is 18.0. The van der Waals surface area contributed by atoms with Gasteiger partial charge in [0.2, 0.25) is 0 Å². The summed E-state index contributed by atoms with van der Waals surface area (Å²) in [5.41, 5.74) is 2.47. The highest BCUT2D eigenvalue weighted by Crippen LogP contribution is 2.22. The third-order valence-electron chi connectivity index (χ3n) is 5.43. The molecule has 6 heteroatoms. The summed E-state index contributed by atoms with van der Waals surface area (Å²) in [6, 6.07) is 17.1. The van der Waals surface area contributed by atoms with Crippen LogP contribution in [-0.4, -0.2) is 28.9 Å². The SMILES string of the molecule is CC1CCN(Cc2csc(NC(=O)c3ccccc3COc3ccccc3)n2)CC1. The molecule has 0 saturated carbocycles. The quantitative estimate of drug-likeness (QED) is 0.569. The number of piperidine rings is 1. The van der Waals surface area contributed by atoms with Crippen LogP contribution >= 0.6 is 11.3 Å². The third kappa shape index (κ3) is 5.46. The van der Waals surface area contributed by atoms with Gasteiger partial charge in [-0.3, -0.25) is 15.0 Å². The number of anilines is 1. The lowest BCUT2D eigenvalue weighted by atomic mass is 9.99. The van der Waals surface area contributed by atoms with Gasteiger partial charge in [0.25, 0.3) is 5.91 Å². The van der Waals surface area contributed by atoms with Crippen molar-refractivity contribution in [3.63, 3.8) is 0 Å². The molecule has 1 aromatic heterocycles. The molecule has 0 atom stereocenters. The summed E-state index contributed by atoms with van der Waals surface area (Å²) in [5, 5.41) is 5.63. The molecule has 4 rings (SSSR count). The van der Waals surface area contributed by atoms with Gasteiger partial charge in [-0.15, -0.1) is 11.3 Å². The van der Waals surface area contributed by atoms with Gasteiger partial charge in [-0.1, -0.05) is 43.3 Å². The molecular formula is C24H27N3O2S. The fourth-order valence-electron chi connectivity index (χ4n) is 3.60. The normalized spacial score (nSPS) is 15.1. The Balaban J connectivity index is 1.37. The average molecular weight is 422 g/mol. The molecule has 0 radical (unpaired) electrons. The van der Waals surface area contributed by atoms with Gasteiger partial charge in [-0.2, -0.15) is 0 Å². The lowest BCUT2D eigenvalue weighted by molar-refractivity contribution is 0.102. The first-order valence-corrected chi connectivity index (χ1v) is 11.3. The molecule has 5 nitrogen and oxygen atoms in total. The number of hydrogen-bond acceptors (Lipinski definition) is 5. The van der Waals surface area contributed by atoms with E-state index in [1.54, 1.807) is 0 Å². The second-order valence-electron chi connectivity index (χ2n) is 7.82. The fourth-order valence-corrected chi connectivity index (χ4v) is 4.29. The number of amides is 1. The van der Waals surface area contributed by atoms with Crippen molar-refractivity contribution in [2.75, 3.05) is 18.4 Å². The van der Waals surface area contributed by atoms with Crippen LogP contribution in [0.4, 0.5) is 5.13 Å². The number of likely N-dealkylation sites (tertiary alicyclic amines) is 1. The summed E-state index contributed by atoms with van der Waals surface area (Å²) >= 11 is 1.48. The van der Waals surface area contributed by atoms with Crippen molar-refractivity contribution in [3.8, 4) is 5.75 Å². The van der Waals surface area contributed by atoms with Crippen LogP contribution in [0.2, 0.25) is 0 Å². The van der Waals surface area contributed by atoms with Crippen LogP contribution in [0.15, 0.2) is 60.0 Å². The Morgan fingerprint density at radius 1 is 1.13 bits per heavy atom. The second kappa shape index (κ2) is 9.87. The summed E-state index contributed by atoms with van der Waals surface area (Å²) in [7, 11) is 0. The minimum atomic E-state index is -0.157. The maximum atomic E-state index is 12.9. The van der Waals surface area contributed by atoms with Crippen LogP contribution in [0.3, 0.4) is 0 Å². The van der Waals surface area contributed by atoms with Crippen molar-refractivity contribution < 1.29 is 9.53 Å². The molecule has 30 heavy (non-hydrogen) atoms. The molecule has 0 unspecified atom stereocenters. The molecule has 2 heterocycles. The first kappa shape index (κ1) is 20.6. The van der Waals surface area contributed by atoms with Crippen LogP contribution in [0, 0.1) is 5.92 Å². The van der Waals surface area contributed by atoms with Crippen LogP contribution in [-0.2, 0) is 13.2 Å². The first-order valence-electron chi connectivity index (χ1n) is 10.4. The number of benzene rings is 2. The number of nitrogens with one attached hydrogen (secondary N) is 1. The van der Waals surface area contributed by atoms with E-state index in [-0.39, 0.29) is 5.91 Å². The number of hydrogen-bond donors (Lipinski definition) is 1.